The van der Waals surface area contributed by atoms with Gasteiger partial charge in [0.25, 0.3) is 0 Å². The van der Waals surface area contributed by atoms with Crippen LogP contribution in [0.15, 0.2) is 65.8 Å². The van der Waals surface area contributed by atoms with Crippen LogP contribution in [-0.2, 0) is 25.7 Å². The molecule has 2 aliphatic carbocycles. The lowest BCUT2D eigenvalue weighted by molar-refractivity contribution is 0.398. The van der Waals surface area contributed by atoms with Crippen molar-refractivity contribution in [1.82, 2.24) is 9.97 Å². The predicted molar refractivity (Wildman–Crippen MR) is 152 cm³/mol. The third-order valence-corrected chi connectivity index (χ3v) is 7.98. The summed E-state index contributed by atoms with van der Waals surface area (Å²) in [5, 5.41) is 11.3. The number of nitrogens with zero attached hydrogens (tertiary/aromatic N) is 3. The lowest BCUT2D eigenvalue weighted by atomic mass is 9.98. The van der Waals surface area contributed by atoms with Crippen LogP contribution in [0.3, 0.4) is 0 Å². The Hall–Kier alpha value is -4.02. The maximum Gasteiger partial charge on any atom is 0.213 e. The number of pyridine rings is 2. The molecule has 4 aromatic rings. The average molecular weight is 523 g/mol. The van der Waals surface area contributed by atoms with Gasteiger partial charge in [-0.25, -0.2) is 9.97 Å². The Morgan fingerprint density at radius 3 is 1.92 bits per heavy atom. The molecule has 0 amide bonds. The van der Waals surface area contributed by atoms with Crippen LogP contribution in [0.4, 0.5) is 5.69 Å². The van der Waals surface area contributed by atoms with Crippen molar-refractivity contribution in [3.05, 3.63) is 83.2 Å². The summed E-state index contributed by atoms with van der Waals surface area (Å²) in [5.41, 5.74) is 16.9. The van der Waals surface area contributed by atoms with E-state index < -0.39 is 0 Å². The average Bonchev–Trinajstić information content (AvgIpc) is 3.64. The monoisotopic (exact) mass is 522 g/mol. The zero-order chi connectivity index (χ0) is 26.5. The zero-order valence-electron chi connectivity index (χ0n) is 21.7. The van der Waals surface area contributed by atoms with E-state index in [1.165, 1.54) is 46.9 Å². The summed E-state index contributed by atoms with van der Waals surface area (Å²) < 4.78 is 10.3. The first kappa shape index (κ1) is 25.6. The lowest BCUT2D eigenvalue weighted by Crippen LogP contribution is -1.97. The van der Waals surface area contributed by atoms with E-state index in [0.29, 0.717) is 11.8 Å². The fourth-order valence-corrected chi connectivity index (χ4v) is 6.09. The number of nitriles is 1. The molecule has 2 heterocycles. The molecule has 0 saturated heterocycles. The van der Waals surface area contributed by atoms with Crippen molar-refractivity contribution in [2.45, 2.75) is 43.4 Å². The van der Waals surface area contributed by atoms with Gasteiger partial charge in [-0.15, -0.1) is 0 Å². The van der Waals surface area contributed by atoms with Crippen LogP contribution in [0.1, 0.15) is 35.1 Å². The number of benzene rings is 2. The van der Waals surface area contributed by atoms with Crippen LogP contribution in [0, 0.1) is 10.7 Å². The molecule has 6 nitrogen and oxygen atoms in total. The highest BCUT2D eigenvalue weighted by Gasteiger charge is 2.20. The van der Waals surface area contributed by atoms with E-state index in [0.717, 1.165) is 58.5 Å². The fraction of sp³-hybridized carbons (Fsp3) is 0.258. The number of hydrogen-bond donors (Lipinski definition) is 1. The van der Waals surface area contributed by atoms with Gasteiger partial charge in [-0.2, -0.15) is 5.26 Å². The number of anilines is 1. The largest absolute Gasteiger partial charge is 0.481 e. The maximum absolute atomic E-state index is 9.10. The number of rotatable bonds is 5. The first-order valence-corrected chi connectivity index (χ1v) is 13.6. The highest BCUT2D eigenvalue weighted by atomic mass is 32.2. The number of aromatic nitrogens is 2. The Bertz CT molecular complexity index is 1510. The molecule has 0 bridgehead atoms. The Labute approximate surface area is 227 Å². The SMILES string of the molecule is COc1cc(-c2ccc3c(c2N)CCC3)ccn1.COc1cc(-c2ccc3c(c2SC#N)CCC3)ccn1. The van der Waals surface area contributed by atoms with Gasteiger partial charge in [0.05, 0.1) is 14.2 Å². The van der Waals surface area contributed by atoms with E-state index in [-0.39, 0.29) is 0 Å². The number of thioether (sulfide) groups is 1. The van der Waals surface area contributed by atoms with E-state index in [9.17, 15) is 0 Å². The van der Waals surface area contributed by atoms with E-state index >= 15 is 0 Å². The van der Waals surface area contributed by atoms with Crippen molar-refractivity contribution in [2.24, 2.45) is 0 Å². The second kappa shape index (κ2) is 11.6. The molecule has 0 spiro atoms. The summed E-state index contributed by atoms with van der Waals surface area (Å²) in [6, 6.07) is 16.4. The van der Waals surface area contributed by atoms with Gasteiger partial charge in [-0.1, -0.05) is 24.3 Å². The van der Waals surface area contributed by atoms with Crippen molar-refractivity contribution >= 4 is 17.4 Å². The summed E-state index contributed by atoms with van der Waals surface area (Å²) in [5.74, 6) is 1.21. The zero-order valence-corrected chi connectivity index (χ0v) is 22.5. The van der Waals surface area contributed by atoms with Crippen molar-refractivity contribution in [2.75, 3.05) is 20.0 Å². The highest BCUT2D eigenvalue weighted by Crippen LogP contribution is 2.40. The minimum atomic E-state index is 0.593. The van der Waals surface area contributed by atoms with Gasteiger partial charge in [0, 0.05) is 40.7 Å². The molecule has 0 radical (unpaired) electrons. The number of nitrogen functional groups attached to an aromatic ring is 1. The summed E-state index contributed by atoms with van der Waals surface area (Å²) in [6.07, 6.45) is 10.3. The minimum absolute atomic E-state index is 0.593. The summed E-state index contributed by atoms with van der Waals surface area (Å²) >= 11 is 1.26. The third kappa shape index (κ3) is 5.18. The second-order valence-electron chi connectivity index (χ2n) is 9.32. The van der Waals surface area contributed by atoms with Gasteiger partial charge in [0.1, 0.15) is 5.40 Å². The van der Waals surface area contributed by atoms with Gasteiger partial charge < -0.3 is 15.2 Å². The molecule has 7 heteroatoms. The van der Waals surface area contributed by atoms with Crippen LogP contribution in [-0.4, -0.2) is 24.2 Å². The van der Waals surface area contributed by atoms with Crippen LogP contribution in [0.25, 0.3) is 22.3 Å². The van der Waals surface area contributed by atoms with Crippen LogP contribution >= 0.6 is 11.8 Å². The summed E-state index contributed by atoms with van der Waals surface area (Å²) in [7, 11) is 3.23. The van der Waals surface area contributed by atoms with Crippen molar-refractivity contribution in [3.8, 4) is 39.4 Å². The lowest BCUT2D eigenvalue weighted by Gasteiger charge is -2.12. The number of nitrogens with two attached hydrogens (primary N) is 1. The van der Waals surface area contributed by atoms with E-state index in [4.69, 9.17) is 20.5 Å². The van der Waals surface area contributed by atoms with Gasteiger partial charge in [0.2, 0.25) is 11.8 Å². The van der Waals surface area contributed by atoms with Crippen molar-refractivity contribution in [3.63, 3.8) is 0 Å². The summed E-state index contributed by atoms with van der Waals surface area (Å²) in [4.78, 5) is 9.35. The number of methoxy groups -OCH3 is 2. The smallest absolute Gasteiger partial charge is 0.213 e. The van der Waals surface area contributed by atoms with Gasteiger partial charge in [-0.05, 0) is 101 Å². The Kier molecular flexibility index (Phi) is 7.81. The van der Waals surface area contributed by atoms with Crippen molar-refractivity contribution < 1.29 is 9.47 Å². The Morgan fingerprint density at radius 2 is 1.32 bits per heavy atom. The van der Waals surface area contributed by atoms with Crippen LogP contribution in [0.2, 0.25) is 0 Å². The van der Waals surface area contributed by atoms with Crippen LogP contribution < -0.4 is 15.2 Å². The quantitative estimate of drug-likeness (QED) is 0.178. The molecule has 6 rings (SSSR count). The molecule has 2 aromatic carbocycles. The molecular weight excluding hydrogens is 492 g/mol. The second-order valence-corrected chi connectivity index (χ2v) is 10.1. The fourth-order valence-electron chi connectivity index (χ4n) is 5.35. The molecule has 0 unspecified atom stereocenters. The van der Waals surface area contributed by atoms with E-state index in [2.05, 4.69) is 39.6 Å². The first-order chi connectivity index (χ1) is 18.6. The Balaban J connectivity index is 0.000000156. The Morgan fingerprint density at radius 1 is 0.763 bits per heavy atom. The van der Waals surface area contributed by atoms with Gasteiger partial charge >= 0.3 is 0 Å². The van der Waals surface area contributed by atoms with Gasteiger partial charge in [-0.3, -0.25) is 0 Å². The molecule has 38 heavy (non-hydrogen) atoms. The van der Waals surface area contributed by atoms with Crippen molar-refractivity contribution in [1.29, 1.82) is 5.26 Å². The van der Waals surface area contributed by atoms with Crippen LogP contribution in [0.5, 0.6) is 11.8 Å². The minimum Gasteiger partial charge on any atom is -0.481 e. The molecule has 2 aromatic heterocycles. The number of ether oxygens (including phenoxy) is 2. The molecule has 2 aliphatic rings. The molecule has 0 saturated carbocycles. The van der Waals surface area contributed by atoms with E-state index in [1.807, 2.05) is 24.3 Å². The number of aryl methyl sites for hydroxylation is 2. The molecule has 0 atom stereocenters. The number of fused-ring (bicyclic) bond motifs is 2. The normalized spacial score (nSPS) is 13.1. The van der Waals surface area contributed by atoms with E-state index in [1.54, 1.807) is 26.6 Å². The topological polar surface area (TPSA) is 94.0 Å². The standard InChI is InChI=1S/C16H14N2OS.C15H16N2O/c1-19-15-9-12(7-8-18-15)14-6-5-11-3-2-4-13(11)16(14)20-10-17;1-18-14-9-11(7-8-17-14)13-6-5-10-3-2-4-12(10)15(13)16/h5-9H,2-4H2,1H3;5-9H,2-4,16H2,1H3. The van der Waals surface area contributed by atoms with Gasteiger partial charge in [0.15, 0.2) is 0 Å². The maximum atomic E-state index is 9.10. The number of thiocyanates is 1. The molecular formula is C31H30N4O2S. The number of hydrogen-bond acceptors (Lipinski definition) is 7. The molecule has 2 N–H and O–H groups in total. The first-order valence-electron chi connectivity index (χ1n) is 12.7. The summed E-state index contributed by atoms with van der Waals surface area (Å²) in [6.45, 7) is 0. The molecule has 0 aliphatic heterocycles. The predicted octanol–water partition coefficient (Wildman–Crippen LogP) is 6.65. The highest BCUT2D eigenvalue weighted by molar-refractivity contribution is 8.03. The molecule has 192 valence electrons. The molecule has 0 fully saturated rings. The third-order valence-electron chi connectivity index (χ3n) is 7.22.